The van der Waals surface area contributed by atoms with Crippen molar-refractivity contribution in [2.24, 2.45) is 11.8 Å². The Morgan fingerprint density at radius 1 is 0.868 bits per heavy atom. The Balaban J connectivity index is 1.70. The summed E-state index contributed by atoms with van der Waals surface area (Å²) in [7, 11) is 3.43. The minimum Gasteiger partial charge on any atom is -0.508 e. The smallest absolute Gasteiger partial charge is 0.303 e. The molecule has 8 amide bonds. The molecule has 2 aliphatic heterocycles. The molecule has 2 aromatic carbocycles. The highest BCUT2D eigenvalue weighted by atomic mass is 127. The number of amides is 8. The molecule has 0 radical (unpaired) electrons. The fourth-order valence-electron chi connectivity index (χ4n) is 7.37. The number of carbonyl (C=O) groups is 9. The predicted octanol–water partition coefficient (Wildman–Crippen LogP) is -0.322. The lowest BCUT2D eigenvalue weighted by molar-refractivity contribution is -0.142. The van der Waals surface area contributed by atoms with Gasteiger partial charge in [-0.2, -0.15) is 0 Å². The lowest BCUT2D eigenvalue weighted by Crippen LogP contribution is -2.59. The molecule has 2 fully saturated rings. The van der Waals surface area contributed by atoms with Crippen LogP contribution in [0.5, 0.6) is 11.5 Å². The van der Waals surface area contributed by atoms with Crippen molar-refractivity contribution in [3.05, 3.63) is 57.2 Å². The Labute approximate surface area is 414 Å². The Bertz CT molecular complexity index is 2170. The van der Waals surface area contributed by atoms with Crippen LogP contribution in [0.2, 0.25) is 0 Å². The fraction of sp³-hybridized carbons (Fsp3) is 0.523. The van der Waals surface area contributed by atoms with Gasteiger partial charge in [-0.15, -0.1) is 0 Å². The molecule has 2 heterocycles. The molecule has 4 rings (SSSR count). The Kier molecular flexibility index (Phi) is 21.5. The van der Waals surface area contributed by atoms with Crippen molar-refractivity contribution >= 4 is 97.4 Å². The second kappa shape index (κ2) is 26.4. The lowest BCUT2D eigenvalue weighted by atomic mass is 9.99. The molecular formula is C44H59IN8O13S2. The number of carbonyl (C=O) groups excluding carboxylic acids is 8. The summed E-state index contributed by atoms with van der Waals surface area (Å²) in [5.74, 6) is -8.47. The summed E-state index contributed by atoms with van der Waals surface area (Å²) in [4.78, 5) is 123. The highest BCUT2D eigenvalue weighted by molar-refractivity contribution is 14.1. The number of carboxylic acids is 1. The van der Waals surface area contributed by atoms with E-state index in [4.69, 9.17) is 0 Å². The van der Waals surface area contributed by atoms with Crippen LogP contribution >= 0.6 is 44.2 Å². The molecular weight excluding hydrogens is 1040 g/mol. The van der Waals surface area contributed by atoms with Gasteiger partial charge in [0.25, 0.3) is 0 Å². The van der Waals surface area contributed by atoms with E-state index in [1.165, 1.54) is 31.3 Å². The molecule has 372 valence electrons. The maximum Gasteiger partial charge on any atom is 0.303 e. The fourth-order valence-corrected chi connectivity index (χ4v) is 10.3. The van der Waals surface area contributed by atoms with E-state index in [2.05, 4.69) is 37.2 Å². The normalized spacial score (nSPS) is 23.2. The number of carboxylic acid groups (broad SMARTS) is 1. The first kappa shape index (κ1) is 55.3. The molecule has 21 nitrogen and oxygen atoms in total. The van der Waals surface area contributed by atoms with Crippen LogP contribution < -0.4 is 37.2 Å². The first-order chi connectivity index (χ1) is 32.1. The van der Waals surface area contributed by atoms with Gasteiger partial charge < -0.3 is 62.5 Å². The summed E-state index contributed by atoms with van der Waals surface area (Å²) >= 11 is 1.89. The van der Waals surface area contributed by atoms with Crippen molar-refractivity contribution in [3.8, 4) is 11.5 Å². The molecule has 8 atom stereocenters. The molecule has 0 aromatic heterocycles. The van der Waals surface area contributed by atoms with Crippen LogP contribution in [0.1, 0.15) is 57.6 Å². The van der Waals surface area contributed by atoms with E-state index < -0.39 is 114 Å². The topological polar surface area (TPSA) is 322 Å². The number of phenolic OH excluding ortho intramolecular Hbond substituents is 2. The Morgan fingerprint density at radius 3 is 2.19 bits per heavy atom. The second-order valence-electron chi connectivity index (χ2n) is 17.0. The van der Waals surface area contributed by atoms with E-state index in [0.29, 0.717) is 14.7 Å². The average Bonchev–Trinajstić information content (AvgIpc) is 3.69. The van der Waals surface area contributed by atoms with Crippen molar-refractivity contribution in [3.63, 3.8) is 0 Å². The maximum absolute atomic E-state index is 14.6. The highest BCUT2D eigenvalue weighted by Crippen LogP contribution is 2.27. The van der Waals surface area contributed by atoms with Crippen LogP contribution in [0.15, 0.2) is 42.5 Å². The van der Waals surface area contributed by atoms with Gasteiger partial charge in [0.05, 0.1) is 16.2 Å². The third-order valence-corrected chi connectivity index (χ3v) is 14.3. The summed E-state index contributed by atoms with van der Waals surface area (Å²) in [5, 5.41) is 58.4. The van der Waals surface area contributed by atoms with Gasteiger partial charge >= 0.3 is 5.97 Å². The van der Waals surface area contributed by atoms with Gasteiger partial charge in [0.1, 0.15) is 47.8 Å². The SMILES string of the molecule is CNC(=O)[C@@H]1CSSC[C@H](NC(=O)[C@@H](CCC(=O)O)NC(=O)[C@@H](C)Cc2ccc(O)cc2)C(=O)N2C[C@H](O)C[C@H]2C(=O)N[C@@H](Cc2ccc(O)c(I)c2)C(=O)NCC(=O)N[C@@H](CC(C)C)C(=O)N1. The van der Waals surface area contributed by atoms with Crippen molar-refractivity contribution in [1.29, 1.82) is 0 Å². The number of nitrogens with zero attached hydrogens (tertiary/aromatic N) is 1. The Hall–Kier alpha value is -5.34. The zero-order valence-corrected chi connectivity index (χ0v) is 41.7. The number of phenols is 2. The number of nitrogens with one attached hydrogen (secondary N) is 7. The minimum absolute atomic E-state index is 0.0274. The lowest BCUT2D eigenvalue weighted by Gasteiger charge is -2.30. The van der Waals surface area contributed by atoms with E-state index in [1.807, 2.05) is 36.4 Å². The van der Waals surface area contributed by atoms with Gasteiger partial charge in [-0.25, -0.2) is 0 Å². The summed E-state index contributed by atoms with van der Waals surface area (Å²) in [6.07, 6.45) is -2.19. The molecule has 0 bridgehead atoms. The van der Waals surface area contributed by atoms with Crippen molar-refractivity contribution in [2.45, 2.75) is 102 Å². The van der Waals surface area contributed by atoms with Gasteiger partial charge in [-0.1, -0.05) is 60.6 Å². The Morgan fingerprint density at radius 2 is 1.54 bits per heavy atom. The summed E-state index contributed by atoms with van der Waals surface area (Å²) in [5.41, 5.74) is 1.20. The number of rotatable bonds is 14. The van der Waals surface area contributed by atoms with E-state index in [1.54, 1.807) is 25.1 Å². The summed E-state index contributed by atoms with van der Waals surface area (Å²) in [6.45, 7) is 4.25. The van der Waals surface area contributed by atoms with E-state index in [9.17, 15) is 63.6 Å². The predicted molar refractivity (Wildman–Crippen MR) is 260 cm³/mol. The summed E-state index contributed by atoms with van der Waals surface area (Å²) < 4.78 is 0.444. The largest absolute Gasteiger partial charge is 0.508 e. The van der Waals surface area contributed by atoms with Crippen LogP contribution in [0.4, 0.5) is 0 Å². The van der Waals surface area contributed by atoms with Crippen LogP contribution in [-0.4, -0.2) is 153 Å². The molecule has 0 spiro atoms. The molecule has 0 saturated carbocycles. The molecule has 68 heavy (non-hydrogen) atoms. The number of aliphatic hydroxyl groups excluding tert-OH is 1. The summed E-state index contributed by atoms with van der Waals surface area (Å²) in [6, 6.07) is 2.68. The standard InChI is InChI=1S/C44H59IN8O13S2/c1-22(2)13-30-42(64)51-32(39(61)46-4)20-67-68-21-33(52-41(63)29(10-12-37(58)59)49-38(60)23(3)14-24-5-8-26(54)9-6-24)44(66)53-19-27(55)17-34(53)43(65)50-31(40(62)47-18-36(57)48-30)16-25-7-11-35(56)28(45)15-25/h5-9,11,15,22-23,27,29-34,54-56H,10,12-14,16-21H2,1-4H3,(H,46,61)(H,47,62)(H,48,57)(H,49,60)(H,50,65)(H,51,64)(H,52,63)(H,58,59)/t23-,27+,29+,30-,31-,32-,33-,34-/m0/s1. The highest BCUT2D eigenvalue weighted by Gasteiger charge is 2.43. The number of hydrogen-bond donors (Lipinski definition) is 11. The van der Waals surface area contributed by atoms with Crippen LogP contribution in [-0.2, 0) is 56.0 Å². The number of fused-ring (bicyclic) bond motifs is 1. The maximum atomic E-state index is 14.6. The molecule has 0 aliphatic carbocycles. The third-order valence-electron chi connectivity index (χ3n) is 11.0. The first-order valence-electron chi connectivity index (χ1n) is 21.9. The number of halogens is 1. The number of benzene rings is 2. The van der Waals surface area contributed by atoms with Gasteiger partial charge in [0.2, 0.25) is 47.3 Å². The average molecular weight is 1100 g/mol. The molecule has 0 unspecified atom stereocenters. The van der Waals surface area contributed by atoms with Crippen LogP contribution in [0, 0.1) is 15.4 Å². The van der Waals surface area contributed by atoms with Gasteiger partial charge in [-0.05, 0) is 83.2 Å². The van der Waals surface area contributed by atoms with Crippen LogP contribution in [0.3, 0.4) is 0 Å². The van der Waals surface area contributed by atoms with Gasteiger partial charge in [-0.3, -0.25) is 43.2 Å². The van der Waals surface area contributed by atoms with E-state index >= 15 is 0 Å². The number of aromatic hydroxyl groups is 2. The monoisotopic (exact) mass is 1100 g/mol. The molecule has 2 saturated heterocycles. The first-order valence-corrected chi connectivity index (χ1v) is 25.4. The third kappa shape index (κ3) is 17.0. The van der Waals surface area contributed by atoms with Crippen molar-refractivity contribution < 1.29 is 63.6 Å². The quantitative estimate of drug-likeness (QED) is 0.0854. The van der Waals surface area contributed by atoms with Gasteiger partial charge in [0.15, 0.2) is 0 Å². The van der Waals surface area contributed by atoms with Gasteiger partial charge in [0, 0.05) is 50.3 Å². The zero-order valence-electron chi connectivity index (χ0n) is 37.9. The molecule has 11 N–H and O–H groups in total. The molecule has 2 aromatic rings. The van der Waals surface area contributed by atoms with E-state index in [-0.39, 0.29) is 67.6 Å². The number of aliphatic hydroxyl groups is 1. The van der Waals surface area contributed by atoms with Crippen molar-refractivity contribution in [1.82, 2.24) is 42.1 Å². The van der Waals surface area contributed by atoms with Crippen LogP contribution in [0.25, 0.3) is 0 Å². The zero-order chi connectivity index (χ0) is 50.2. The second-order valence-corrected chi connectivity index (χ2v) is 20.7. The number of hydrogen-bond acceptors (Lipinski definition) is 14. The number of aliphatic carboxylic acids is 1. The van der Waals surface area contributed by atoms with E-state index in [0.717, 1.165) is 26.5 Å². The number of likely N-dealkylation sites (N-methyl/N-ethyl adjacent to an activating group) is 1. The van der Waals surface area contributed by atoms with Crippen molar-refractivity contribution in [2.75, 3.05) is 31.6 Å². The molecule has 24 heteroatoms. The minimum atomic E-state index is -1.48. The molecule has 2 aliphatic rings.